The van der Waals surface area contributed by atoms with Crippen LogP contribution in [-0.4, -0.2) is 44.4 Å². The van der Waals surface area contributed by atoms with Crippen LogP contribution in [0.25, 0.3) is 11.5 Å². The Morgan fingerprint density at radius 3 is 2.83 bits per heavy atom. The summed E-state index contributed by atoms with van der Waals surface area (Å²) >= 11 is 2.35. The van der Waals surface area contributed by atoms with Crippen LogP contribution in [0.4, 0.5) is 8.78 Å². The van der Waals surface area contributed by atoms with Gasteiger partial charge in [0, 0.05) is 29.3 Å². The Morgan fingerprint density at radius 2 is 2.13 bits per heavy atom. The van der Waals surface area contributed by atoms with Crippen molar-refractivity contribution in [1.29, 1.82) is 0 Å². The van der Waals surface area contributed by atoms with Crippen LogP contribution < -0.4 is 0 Å². The van der Waals surface area contributed by atoms with E-state index in [4.69, 9.17) is 0 Å². The highest BCUT2D eigenvalue weighted by molar-refractivity contribution is 8.01. The molecule has 4 aromatic rings. The molecule has 1 aromatic carbocycles. The number of aromatic nitrogens is 7. The Hall–Kier alpha value is -2.83. The van der Waals surface area contributed by atoms with Gasteiger partial charge >= 0.3 is 0 Å². The molecule has 0 fully saturated rings. The summed E-state index contributed by atoms with van der Waals surface area (Å²) in [6, 6.07) is 3.10. The molecule has 3 aromatic heterocycles. The lowest BCUT2D eigenvalue weighted by Gasteiger charge is -2.33. The van der Waals surface area contributed by atoms with Crippen molar-refractivity contribution in [3.05, 3.63) is 66.6 Å². The predicted molar refractivity (Wildman–Crippen MR) is 107 cm³/mol. The maximum absolute atomic E-state index is 14.6. The zero-order valence-electron chi connectivity index (χ0n) is 15.6. The molecule has 154 valence electrons. The van der Waals surface area contributed by atoms with Gasteiger partial charge in [0.25, 0.3) is 0 Å². The number of hydrogen-bond donors (Lipinski definition) is 1. The Labute approximate surface area is 178 Å². The van der Waals surface area contributed by atoms with Crippen LogP contribution in [0.5, 0.6) is 0 Å². The van der Waals surface area contributed by atoms with Gasteiger partial charge in [0.15, 0.2) is 10.2 Å². The van der Waals surface area contributed by atoms with E-state index in [0.29, 0.717) is 15.9 Å². The fourth-order valence-corrected chi connectivity index (χ4v) is 4.84. The molecular weight excluding hydrogens is 432 g/mol. The standard InChI is InChI=1S/C18H15F2N7OS2/c1-11(29-17-25-16(26-30-17)15-7-21-4-5-23-15)18(28,8-27-10-22-9-24-27)13-3-2-12(19)6-14(13)20/h2-7,9-11,28H,8H2,1H3. The molecule has 2 unspecified atom stereocenters. The van der Waals surface area contributed by atoms with Crippen LogP contribution >= 0.6 is 23.3 Å². The third kappa shape index (κ3) is 4.20. The van der Waals surface area contributed by atoms with E-state index in [1.165, 1.54) is 35.2 Å². The van der Waals surface area contributed by atoms with Gasteiger partial charge in [0.2, 0.25) is 0 Å². The molecule has 4 rings (SSSR count). The van der Waals surface area contributed by atoms with Crippen molar-refractivity contribution in [2.75, 3.05) is 0 Å². The van der Waals surface area contributed by atoms with Crippen molar-refractivity contribution in [3.63, 3.8) is 0 Å². The van der Waals surface area contributed by atoms with Gasteiger partial charge in [-0.05, 0) is 24.5 Å². The van der Waals surface area contributed by atoms with Gasteiger partial charge in [0.05, 0.1) is 12.7 Å². The average Bonchev–Trinajstić information content (AvgIpc) is 3.40. The third-order valence-electron chi connectivity index (χ3n) is 4.42. The molecule has 0 amide bonds. The fraction of sp³-hybridized carbons (Fsp3) is 0.222. The first-order valence-electron chi connectivity index (χ1n) is 8.73. The van der Waals surface area contributed by atoms with E-state index < -0.39 is 22.5 Å². The molecule has 8 nitrogen and oxygen atoms in total. The number of thioether (sulfide) groups is 1. The van der Waals surface area contributed by atoms with E-state index in [1.54, 1.807) is 25.5 Å². The lowest BCUT2D eigenvalue weighted by molar-refractivity contribution is 0.0133. The zero-order valence-corrected chi connectivity index (χ0v) is 17.2. The second-order valence-electron chi connectivity index (χ2n) is 6.38. The van der Waals surface area contributed by atoms with Crippen molar-refractivity contribution in [2.45, 2.75) is 28.7 Å². The highest BCUT2D eigenvalue weighted by Gasteiger charge is 2.40. The Morgan fingerprint density at radius 1 is 1.27 bits per heavy atom. The van der Waals surface area contributed by atoms with E-state index in [9.17, 15) is 13.9 Å². The average molecular weight is 447 g/mol. The Balaban J connectivity index is 1.64. The number of benzene rings is 1. The van der Waals surface area contributed by atoms with Gasteiger partial charge in [-0.2, -0.15) is 9.47 Å². The molecule has 1 N–H and O–H groups in total. The predicted octanol–water partition coefficient (Wildman–Crippen LogP) is 2.93. The maximum atomic E-state index is 14.6. The Kier molecular flexibility index (Phi) is 5.79. The summed E-state index contributed by atoms with van der Waals surface area (Å²) in [4.78, 5) is 16.5. The number of halogens is 2. The molecule has 0 aliphatic heterocycles. The quantitative estimate of drug-likeness (QED) is 0.432. The SMILES string of the molecule is CC(Sc1nc(-c2cnccn2)ns1)C(O)(Cn1cncn1)c1ccc(F)cc1F. The summed E-state index contributed by atoms with van der Waals surface area (Å²) < 4.78 is 34.3. The highest BCUT2D eigenvalue weighted by Crippen LogP contribution is 2.40. The zero-order chi connectivity index (χ0) is 21.1. The van der Waals surface area contributed by atoms with E-state index in [-0.39, 0.29) is 12.1 Å². The van der Waals surface area contributed by atoms with Gasteiger partial charge < -0.3 is 5.11 Å². The van der Waals surface area contributed by atoms with Gasteiger partial charge in [-0.1, -0.05) is 17.8 Å². The van der Waals surface area contributed by atoms with E-state index in [1.807, 2.05) is 0 Å². The first-order valence-corrected chi connectivity index (χ1v) is 10.4. The second-order valence-corrected chi connectivity index (χ2v) is 8.72. The summed E-state index contributed by atoms with van der Waals surface area (Å²) in [7, 11) is 0. The van der Waals surface area contributed by atoms with Crippen LogP contribution in [0.3, 0.4) is 0 Å². The largest absolute Gasteiger partial charge is 0.382 e. The minimum absolute atomic E-state index is 0.0435. The van der Waals surface area contributed by atoms with Gasteiger partial charge in [-0.25, -0.2) is 28.4 Å². The first kappa shape index (κ1) is 20.4. The second kappa shape index (κ2) is 8.50. The van der Waals surface area contributed by atoms with E-state index in [2.05, 4.69) is 29.4 Å². The van der Waals surface area contributed by atoms with Crippen LogP contribution in [0.2, 0.25) is 0 Å². The molecule has 0 saturated carbocycles. The molecule has 0 aliphatic carbocycles. The van der Waals surface area contributed by atoms with Crippen LogP contribution in [-0.2, 0) is 12.1 Å². The molecule has 2 atom stereocenters. The highest BCUT2D eigenvalue weighted by atomic mass is 32.2. The molecule has 3 heterocycles. The summed E-state index contributed by atoms with van der Waals surface area (Å²) in [5.41, 5.74) is -1.25. The third-order valence-corrected chi connectivity index (χ3v) is 6.48. The van der Waals surface area contributed by atoms with Crippen LogP contribution in [0.1, 0.15) is 12.5 Å². The van der Waals surface area contributed by atoms with Crippen molar-refractivity contribution < 1.29 is 13.9 Å². The number of aliphatic hydroxyl groups is 1. The smallest absolute Gasteiger partial charge is 0.194 e. The van der Waals surface area contributed by atoms with Crippen LogP contribution in [0, 0.1) is 11.6 Å². The summed E-state index contributed by atoms with van der Waals surface area (Å²) in [5, 5.41) is 15.0. The number of nitrogens with zero attached hydrogens (tertiary/aromatic N) is 7. The monoisotopic (exact) mass is 447 g/mol. The van der Waals surface area contributed by atoms with E-state index in [0.717, 1.165) is 23.7 Å². The molecule has 0 bridgehead atoms. The van der Waals surface area contributed by atoms with Crippen molar-refractivity contribution in [1.82, 2.24) is 34.1 Å². The summed E-state index contributed by atoms with van der Waals surface area (Å²) in [6.45, 7) is 1.65. The molecule has 0 saturated heterocycles. The normalized spacial score (nSPS) is 14.4. The Bertz CT molecular complexity index is 1130. The first-order chi connectivity index (χ1) is 14.5. The fourth-order valence-electron chi connectivity index (χ4n) is 2.86. The minimum Gasteiger partial charge on any atom is -0.382 e. The molecule has 0 spiro atoms. The molecular formula is C18H15F2N7OS2. The maximum Gasteiger partial charge on any atom is 0.194 e. The molecule has 0 aliphatic rings. The summed E-state index contributed by atoms with van der Waals surface area (Å²) in [6.07, 6.45) is 7.38. The molecule has 30 heavy (non-hydrogen) atoms. The lowest BCUT2D eigenvalue weighted by Crippen LogP contribution is -2.41. The van der Waals surface area contributed by atoms with Gasteiger partial charge in [-0.3, -0.25) is 4.98 Å². The molecule has 0 radical (unpaired) electrons. The number of rotatable bonds is 7. The van der Waals surface area contributed by atoms with Crippen LogP contribution in [0.15, 0.2) is 53.8 Å². The van der Waals surface area contributed by atoms with Crippen molar-refractivity contribution in [3.8, 4) is 11.5 Å². The van der Waals surface area contributed by atoms with Gasteiger partial charge in [-0.15, -0.1) is 0 Å². The topological polar surface area (TPSA) is 102 Å². The van der Waals surface area contributed by atoms with E-state index >= 15 is 0 Å². The van der Waals surface area contributed by atoms with Gasteiger partial charge in [0.1, 0.15) is 35.6 Å². The number of hydrogen-bond acceptors (Lipinski definition) is 9. The van der Waals surface area contributed by atoms with Crippen molar-refractivity contribution >= 4 is 23.3 Å². The lowest BCUT2D eigenvalue weighted by atomic mass is 9.90. The summed E-state index contributed by atoms with van der Waals surface area (Å²) in [5.74, 6) is -1.16. The minimum atomic E-state index is -1.73. The van der Waals surface area contributed by atoms with Crippen molar-refractivity contribution in [2.24, 2.45) is 0 Å². The molecule has 12 heteroatoms.